The van der Waals surface area contributed by atoms with Crippen LogP contribution in [0.5, 0.6) is 0 Å². The molecular weight excluding hydrogens is 337 g/mol. The number of nitrogens with zero attached hydrogens (tertiary/aromatic N) is 1. The number of hydrogen-bond donors (Lipinski definition) is 3. The molecule has 0 bridgehead atoms. The molecule has 1 aromatic carbocycles. The highest BCUT2D eigenvalue weighted by molar-refractivity contribution is 5.86. The van der Waals surface area contributed by atoms with Gasteiger partial charge in [-0.3, -0.25) is 4.79 Å². The smallest absolute Gasteiger partial charge is 0.383 e. The maximum Gasteiger partial charge on any atom is 0.416 e. The van der Waals surface area contributed by atoms with Crippen LogP contribution >= 0.6 is 0 Å². The Morgan fingerprint density at radius 3 is 2.40 bits per heavy atom. The Morgan fingerprint density at radius 2 is 1.84 bits per heavy atom. The van der Waals surface area contributed by atoms with E-state index in [4.69, 9.17) is 4.74 Å². The number of methoxy groups -OCH3 is 1. The Labute approximate surface area is 144 Å². The molecule has 9 heteroatoms. The number of ether oxygens (including phenoxy) is 1. The number of nitrogens with one attached hydrogen (secondary N) is 3. The van der Waals surface area contributed by atoms with Crippen molar-refractivity contribution in [1.29, 1.82) is 0 Å². The molecule has 0 unspecified atom stereocenters. The molecule has 0 fully saturated rings. The van der Waals surface area contributed by atoms with E-state index in [0.29, 0.717) is 31.2 Å². The average molecular weight is 360 g/mol. The van der Waals surface area contributed by atoms with Crippen molar-refractivity contribution in [3.63, 3.8) is 0 Å². The zero-order valence-electron chi connectivity index (χ0n) is 14.2. The van der Waals surface area contributed by atoms with Gasteiger partial charge >= 0.3 is 6.18 Å². The van der Waals surface area contributed by atoms with E-state index in [1.807, 2.05) is 6.92 Å². The minimum Gasteiger partial charge on any atom is -0.383 e. The van der Waals surface area contributed by atoms with Crippen molar-refractivity contribution < 1.29 is 22.7 Å². The standard InChI is InChI=1S/C16H23F3N4O2/c1-3-20-15(23-11-14(24)21-8-9-25-2)22-10-12-4-6-13(7-5-12)16(17,18)19/h4-7H,3,8-11H2,1-2H3,(H,21,24)(H2,20,22,23). The van der Waals surface area contributed by atoms with Crippen LogP contribution < -0.4 is 16.0 Å². The molecule has 140 valence electrons. The molecule has 0 aliphatic heterocycles. The first-order valence-corrected chi connectivity index (χ1v) is 7.80. The summed E-state index contributed by atoms with van der Waals surface area (Å²) in [6.07, 6.45) is -4.35. The topological polar surface area (TPSA) is 74.8 Å². The quantitative estimate of drug-likeness (QED) is 0.373. The van der Waals surface area contributed by atoms with Gasteiger partial charge in [0.2, 0.25) is 5.91 Å². The van der Waals surface area contributed by atoms with Crippen molar-refractivity contribution in [2.24, 2.45) is 4.99 Å². The molecule has 0 radical (unpaired) electrons. The fourth-order valence-corrected chi connectivity index (χ4v) is 1.83. The maximum absolute atomic E-state index is 12.5. The van der Waals surface area contributed by atoms with Crippen molar-refractivity contribution in [2.75, 3.05) is 33.4 Å². The summed E-state index contributed by atoms with van der Waals surface area (Å²) in [5.74, 6) is 0.196. The number of alkyl halides is 3. The third-order valence-corrected chi connectivity index (χ3v) is 3.09. The van der Waals surface area contributed by atoms with Crippen molar-refractivity contribution >= 4 is 11.9 Å². The number of guanidine groups is 1. The number of benzene rings is 1. The molecule has 0 heterocycles. The Kier molecular flexibility index (Phi) is 8.76. The molecule has 3 N–H and O–H groups in total. The molecule has 0 saturated heterocycles. The molecule has 0 spiro atoms. The number of carbonyl (C=O) groups excluding carboxylic acids is 1. The van der Waals surface area contributed by atoms with Gasteiger partial charge in [0, 0.05) is 20.2 Å². The Bertz CT molecular complexity index is 559. The second kappa shape index (κ2) is 10.5. The lowest BCUT2D eigenvalue weighted by atomic mass is 10.1. The largest absolute Gasteiger partial charge is 0.416 e. The lowest BCUT2D eigenvalue weighted by molar-refractivity contribution is -0.137. The SMILES string of the molecule is CCNC(=NCc1ccc(C(F)(F)F)cc1)NCC(=O)NCCOC. The van der Waals surface area contributed by atoms with Gasteiger partial charge in [0.25, 0.3) is 0 Å². The van der Waals surface area contributed by atoms with Crippen LogP contribution in [0.4, 0.5) is 13.2 Å². The maximum atomic E-state index is 12.5. The predicted molar refractivity (Wildman–Crippen MR) is 89.1 cm³/mol. The van der Waals surface area contributed by atoms with Gasteiger partial charge in [-0.05, 0) is 24.6 Å². The summed E-state index contributed by atoms with van der Waals surface area (Å²) >= 11 is 0. The lowest BCUT2D eigenvalue weighted by Gasteiger charge is -2.12. The summed E-state index contributed by atoms with van der Waals surface area (Å²) < 4.78 is 42.4. The number of rotatable bonds is 8. The molecule has 0 atom stereocenters. The van der Waals surface area contributed by atoms with Gasteiger partial charge < -0.3 is 20.7 Å². The number of amides is 1. The second-order valence-electron chi connectivity index (χ2n) is 5.09. The van der Waals surface area contributed by atoms with Crippen molar-refractivity contribution in [3.05, 3.63) is 35.4 Å². The summed E-state index contributed by atoms with van der Waals surface area (Å²) in [5.41, 5.74) is -0.0623. The highest BCUT2D eigenvalue weighted by atomic mass is 19.4. The average Bonchev–Trinajstić information content (AvgIpc) is 2.57. The van der Waals surface area contributed by atoms with Gasteiger partial charge in [0.15, 0.2) is 5.96 Å². The zero-order chi connectivity index (χ0) is 18.7. The third kappa shape index (κ3) is 8.39. The molecule has 25 heavy (non-hydrogen) atoms. The summed E-state index contributed by atoms with van der Waals surface area (Å²) in [7, 11) is 1.54. The minimum atomic E-state index is -4.35. The lowest BCUT2D eigenvalue weighted by Crippen LogP contribution is -2.43. The van der Waals surface area contributed by atoms with Crippen molar-refractivity contribution in [3.8, 4) is 0 Å². The van der Waals surface area contributed by atoms with Crippen molar-refractivity contribution in [2.45, 2.75) is 19.6 Å². The molecular formula is C16H23F3N4O2. The first-order chi connectivity index (χ1) is 11.9. The van der Waals surface area contributed by atoms with Crippen molar-refractivity contribution in [1.82, 2.24) is 16.0 Å². The van der Waals surface area contributed by atoms with Crippen LogP contribution in [0.2, 0.25) is 0 Å². The highest BCUT2D eigenvalue weighted by Crippen LogP contribution is 2.29. The summed E-state index contributed by atoms with van der Waals surface area (Å²) in [6, 6.07) is 4.81. The Hall–Kier alpha value is -2.29. The van der Waals surface area contributed by atoms with Crippen LogP contribution in [-0.2, 0) is 22.3 Å². The summed E-state index contributed by atoms with van der Waals surface area (Å²) in [5, 5.41) is 8.48. The Balaban J connectivity index is 2.56. The number of carbonyl (C=O) groups is 1. The van der Waals surface area contributed by atoms with Crippen LogP contribution in [0.3, 0.4) is 0 Å². The van der Waals surface area contributed by atoms with Gasteiger partial charge in [-0.15, -0.1) is 0 Å². The monoisotopic (exact) mass is 360 g/mol. The molecule has 1 aromatic rings. The number of halogens is 3. The van der Waals surface area contributed by atoms with E-state index in [2.05, 4.69) is 20.9 Å². The predicted octanol–water partition coefficient (Wildman–Crippen LogP) is 1.52. The molecule has 0 aliphatic carbocycles. The molecule has 1 amide bonds. The van der Waals surface area contributed by atoms with Gasteiger partial charge in [-0.1, -0.05) is 12.1 Å². The fourth-order valence-electron chi connectivity index (χ4n) is 1.83. The van der Waals surface area contributed by atoms with Gasteiger partial charge in [0.05, 0.1) is 25.3 Å². The minimum absolute atomic E-state index is 0.0303. The van der Waals surface area contributed by atoms with E-state index in [-0.39, 0.29) is 19.0 Å². The van der Waals surface area contributed by atoms with Gasteiger partial charge in [-0.2, -0.15) is 13.2 Å². The van der Waals surface area contributed by atoms with Crippen LogP contribution in [0.15, 0.2) is 29.3 Å². The van der Waals surface area contributed by atoms with Gasteiger partial charge in [-0.25, -0.2) is 4.99 Å². The third-order valence-electron chi connectivity index (χ3n) is 3.09. The Morgan fingerprint density at radius 1 is 1.16 bits per heavy atom. The highest BCUT2D eigenvalue weighted by Gasteiger charge is 2.29. The summed E-state index contributed by atoms with van der Waals surface area (Å²) in [4.78, 5) is 15.9. The normalized spacial score (nSPS) is 12.0. The van der Waals surface area contributed by atoms with E-state index < -0.39 is 11.7 Å². The fraction of sp³-hybridized carbons (Fsp3) is 0.500. The number of aliphatic imine (C=N–C) groups is 1. The first kappa shape index (κ1) is 20.8. The van der Waals surface area contributed by atoms with Crippen LogP contribution in [-0.4, -0.2) is 45.2 Å². The molecule has 0 aromatic heterocycles. The van der Waals surface area contributed by atoms with E-state index in [1.54, 1.807) is 7.11 Å². The molecule has 1 rings (SSSR count). The van der Waals surface area contributed by atoms with Gasteiger partial charge in [0.1, 0.15) is 0 Å². The second-order valence-corrected chi connectivity index (χ2v) is 5.09. The van der Waals surface area contributed by atoms with E-state index >= 15 is 0 Å². The first-order valence-electron chi connectivity index (χ1n) is 7.80. The zero-order valence-corrected chi connectivity index (χ0v) is 14.2. The number of hydrogen-bond acceptors (Lipinski definition) is 3. The van der Waals surface area contributed by atoms with E-state index in [0.717, 1.165) is 12.1 Å². The van der Waals surface area contributed by atoms with Crippen LogP contribution in [0.25, 0.3) is 0 Å². The molecule has 0 aliphatic rings. The van der Waals surface area contributed by atoms with Crippen LogP contribution in [0.1, 0.15) is 18.1 Å². The van der Waals surface area contributed by atoms with Crippen LogP contribution in [0, 0.1) is 0 Å². The molecule has 6 nitrogen and oxygen atoms in total. The van der Waals surface area contributed by atoms with E-state index in [9.17, 15) is 18.0 Å². The van der Waals surface area contributed by atoms with E-state index in [1.165, 1.54) is 12.1 Å². The summed E-state index contributed by atoms with van der Waals surface area (Å²) in [6.45, 7) is 3.52. The molecule has 0 saturated carbocycles.